The van der Waals surface area contributed by atoms with Crippen LogP contribution in [0.1, 0.15) is 25.6 Å². The number of nitrogens with zero attached hydrogens (tertiary/aromatic N) is 3. The minimum absolute atomic E-state index is 0.309. The summed E-state index contributed by atoms with van der Waals surface area (Å²) in [5.41, 5.74) is 1.17. The summed E-state index contributed by atoms with van der Waals surface area (Å²) >= 11 is 2.45. The number of hydrogen-bond donors (Lipinski definition) is 1. The third-order valence-corrected chi connectivity index (χ3v) is 4.81. The van der Waals surface area contributed by atoms with Crippen molar-refractivity contribution < 1.29 is 14.3 Å². The van der Waals surface area contributed by atoms with Crippen LogP contribution < -0.4 is 5.32 Å². The molecule has 1 N–H and O–H groups in total. The number of esters is 1. The Morgan fingerprint density at radius 2 is 1.96 bits per heavy atom. The molecular weight excluding hydrogens is 360 g/mol. The highest BCUT2D eigenvalue weighted by Gasteiger charge is 2.17. The van der Waals surface area contributed by atoms with E-state index in [1.165, 1.54) is 42.7 Å². The highest BCUT2D eigenvalue weighted by Crippen LogP contribution is 2.31. The Bertz CT molecular complexity index is 956. The van der Waals surface area contributed by atoms with Crippen molar-refractivity contribution in [1.29, 1.82) is 5.26 Å². The lowest BCUT2D eigenvalue weighted by Crippen LogP contribution is -2.12. The molecule has 9 heteroatoms. The van der Waals surface area contributed by atoms with Crippen LogP contribution in [0.4, 0.5) is 5.13 Å². The van der Waals surface area contributed by atoms with Gasteiger partial charge in [0.2, 0.25) is 0 Å². The second kappa shape index (κ2) is 7.21. The highest BCUT2D eigenvalue weighted by molar-refractivity contribution is 7.17. The molecule has 2 aromatic heterocycles. The van der Waals surface area contributed by atoms with Crippen molar-refractivity contribution in [3.05, 3.63) is 51.8 Å². The number of anilines is 1. The molecule has 0 unspecified atom stereocenters. The SMILES string of the molecule is COC(=O)c1ccc(C(=O)Nc2nc(-c3nccs3)c(C#N)s2)cc1. The zero-order valence-electron chi connectivity index (χ0n) is 12.8. The monoisotopic (exact) mass is 370 g/mol. The maximum atomic E-state index is 12.3. The van der Waals surface area contributed by atoms with Gasteiger partial charge in [-0.3, -0.25) is 10.1 Å². The van der Waals surface area contributed by atoms with Gasteiger partial charge in [-0.25, -0.2) is 14.8 Å². The Labute approximate surface area is 150 Å². The van der Waals surface area contributed by atoms with Gasteiger partial charge in [0.15, 0.2) is 5.13 Å². The molecule has 124 valence electrons. The summed E-state index contributed by atoms with van der Waals surface area (Å²) in [6, 6.07) is 8.10. The minimum Gasteiger partial charge on any atom is -0.465 e. The Morgan fingerprint density at radius 1 is 1.24 bits per heavy atom. The lowest BCUT2D eigenvalue weighted by atomic mass is 10.1. The standard InChI is InChI=1S/C16H10N4O3S2/c1-23-15(22)10-4-2-9(3-5-10)13(21)20-16-19-12(11(8-17)25-16)14-18-6-7-24-14/h2-7H,1H3,(H,19,20,21). The van der Waals surface area contributed by atoms with Gasteiger partial charge in [0.1, 0.15) is 21.6 Å². The summed E-state index contributed by atoms with van der Waals surface area (Å²) in [5, 5.41) is 14.6. The lowest BCUT2D eigenvalue weighted by molar-refractivity contribution is 0.0600. The van der Waals surface area contributed by atoms with Crippen LogP contribution in [-0.2, 0) is 4.74 Å². The van der Waals surface area contributed by atoms with E-state index in [1.54, 1.807) is 11.6 Å². The van der Waals surface area contributed by atoms with Crippen molar-refractivity contribution in [3.8, 4) is 16.8 Å². The third kappa shape index (κ3) is 3.55. The van der Waals surface area contributed by atoms with Crippen LogP contribution in [0.25, 0.3) is 10.7 Å². The van der Waals surface area contributed by atoms with E-state index in [0.717, 1.165) is 11.3 Å². The molecule has 0 aliphatic heterocycles. The Hall–Kier alpha value is -3.09. The molecule has 0 fully saturated rings. The minimum atomic E-state index is -0.473. The van der Waals surface area contributed by atoms with Crippen LogP contribution >= 0.6 is 22.7 Å². The van der Waals surface area contributed by atoms with Crippen LogP contribution in [-0.4, -0.2) is 29.0 Å². The smallest absolute Gasteiger partial charge is 0.337 e. The number of benzene rings is 1. The summed E-state index contributed by atoms with van der Waals surface area (Å²) in [6.45, 7) is 0. The van der Waals surface area contributed by atoms with E-state index in [1.807, 2.05) is 0 Å². The number of hydrogen-bond acceptors (Lipinski definition) is 8. The molecular formula is C16H10N4O3S2. The number of ether oxygens (including phenoxy) is 1. The first-order chi connectivity index (χ1) is 12.1. The maximum Gasteiger partial charge on any atom is 0.337 e. The molecule has 0 saturated carbocycles. The predicted molar refractivity (Wildman–Crippen MR) is 93.7 cm³/mol. The molecule has 1 aromatic carbocycles. The predicted octanol–water partition coefficient (Wildman–Crippen LogP) is 3.18. The van der Waals surface area contributed by atoms with Crippen molar-refractivity contribution >= 4 is 39.7 Å². The van der Waals surface area contributed by atoms with E-state index >= 15 is 0 Å². The fourth-order valence-corrected chi connectivity index (χ4v) is 3.43. The molecule has 0 saturated heterocycles. The van der Waals surface area contributed by atoms with Crippen LogP contribution in [0.3, 0.4) is 0 Å². The number of thiazole rings is 2. The largest absolute Gasteiger partial charge is 0.465 e. The lowest BCUT2D eigenvalue weighted by Gasteiger charge is -2.03. The zero-order chi connectivity index (χ0) is 17.8. The summed E-state index contributed by atoms with van der Waals surface area (Å²) in [5.74, 6) is -0.862. The Balaban J connectivity index is 1.79. The van der Waals surface area contributed by atoms with Crippen LogP contribution in [0.2, 0.25) is 0 Å². The molecule has 0 spiro atoms. The first-order valence-electron chi connectivity index (χ1n) is 6.93. The average Bonchev–Trinajstić information content (AvgIpc) is 3.30. The van der Waals surface area contributed by atoms with Crippen molar-refractivity contribution in [1.82, 2.24) is 9.97 Å². The molecule has 0 bridgehead atoms. The summed E-state index contributed by atoms with van der Waals surface area (Å²) in [7, 11) is 1.29. The molecule has 2 heterocycles. The van der Waals surface area contributed by atoms with Crippen molar-refractivity contribution in [2.75, 3.05) is 12.4 Å². The summed E-state index contributed by atoms with van der Waals surface area (Å²) in [4.78, 5) is 32.5. The third-order valence-electron chi connectivity index (χ3n) is 3.15. The summed E-state index contributed by atoms with van der Waals surface area (Å²) < 4.78 is 4.61. The molecule has 0 aliphatic carbocycles. The van der Waals surface area contributed by atoms with Crippen molar-refractivity contribution in [2.45, 2.75) is 0 Å². The molecule has 0 radical (unpaired) electrons. The van der Waals surface area contributed by atoms with Gasteiger partial charge in [-0.1, -0.05) is 11.3 Å². The number of carbonyl (C=O) groups is 2. The van der Waals surface area contributed by atoms with E-state index in [0.29, 0.717) is 31.8 Å². The number of aromatic nitrogens is 2. The fourth-order valence-electron chi connectivity index (χ4n) is 1.98. The van der Waals surface area contributed by atoms with Gasteiger partial charge in [-0.2, -0.15) is 5.26 Å². The first-order valence-corrected chi connectivity index (χ1v) is 8.62. The van der Waals surface area contributed by atoms with E-state index < -0.39 is 5.97 Å². The van der Waals surface area contributed by atoms with Crippen LogP contribution in [0.5, 0.6) is 0 Å². The van der Waals surface area contributed by atoms with E-state index in [4.69, 9.17) is 0 Å². The molecule has 25 heavy (non-hydrogen) atoms. The Kier molecular flexibility index (Phi) is 4.83. The zero-order valence-corrected chi connectivity index (χ0v) is 14.5. The first kappa shape index (κ1) is 16.8. The molecule has 0 atom stereocenters. The van der Waals surface area contributed by atoms with Gasteiger partial charge >= 0.3 is 5.97 Å². The number of amides is 1. The number of carbonyl (C=O) groups excluding carboxylic acids is 2. The van der Waals surface area contributed by atoms with Gasteiger partial charge in [0.05, 0.1) is 12.7 Å². The quantitative estimate of drug-likeness (QED) is 0.707. The van der Waals surface area contributed by atoms with Crippen LogP contribution in [0.15, 0.2) is 35.8 Å². The van der Waals surface area contributed by atoms with Gasteiger partial charge in [0.25, 0.3) is 5.91 Å². The normalized spacial score (nSPS) is 10.1. The molecule has 7 nitrogen and oxygen atoms in total. The molecule has 1 amide bonds. The van der Waals surface area contributed by atoms with Gasteiger partial charge in [-0.15, -0.1) is 11.3 Å². The number of methoxy groups -OCH3 is 1. The second-order valence-corrected chi connectivity index (χ2v) is 6.56. The van der Waals surface area contributed by atoms with Gasteiger partial charge in [0, 0.05) is 17.1 Å². The van der Waals surface area contributed by atoms with Gasteiger partial charge in [-0.05, 0) is 24.3 Å². The van der Waals surface area contributed by atoms with Crippen molar-refractivity contribution in [2.24, 2.45) is 0 Å². The van der Waals surface area contributed by atoms with E-state index in [-0.39, 0.29) is 5.91 Å². The fraction of sp³-hybridized carbons (Fsp3) is 0.0625. The summed E-state index contributed by atoms with van der Waals surface area (Å²) in [6.07, 6.45) is 1.63. The maximum absolute atomic E-state index is 12.3. The number of rotatable bonds is 4. The molecule has 0 aliphatic rings. The second-order valence-electron chi connectivity index (χ2n) is 4.67. The van der Waals surface area contributed by atoms with Gasteiger partial charge < -0.3 is 4.74 Å². The van der Waals surface area contributed by atoms with Crippen LogP contribution in [0, 0.1) is 11.3 Å². The van der Waals surface area contributed by atoms with Crippen molar-refractivity contribution in [3.63, 3.8) is 0 Å². The average molecular weight is 370 g/mol. The van der Waals surface area contributed by atoms with E-state index in [9.17, 15) is 14.9 Å². The molecule has 3 aromatic rings. The van der Waals surface area contributed by atoms with E-state index in [2.05, 4.69) is 26.1 Å². The Morgan fingerprint density at radius 3 is 2.56 bits per heavy atom. The number of nitriles is 1. The topological polar surface area (TPSA) is 105 Å². The number of nitrogens with one attached hydrogen (secondary N) is 1. The highest BCUT2D eigenvalue weighted by atomic mass is 32.1. The molecule has 3 rings (SSSR count).